The quantitative estimate of drug-likeness (QED) is 0.193. The molecule has 5 atom stereocenters. The van der Waals surface area contributed by atoms with E-state index in [1.807, 2.05) is 24.3 Å². The number of hydrogen-bond acceptors (Lipinski definition) is 6. The van der Waals surface area contributed by atoms with Gasteiger partial charge in [-0.25, -0.2) is 0 Å². The highest BCUT2D eigenvalue weighted by Crippen LogP contribution is 2.78. The van der Waals surface area contributed by atoms with Gasteiger partial charge in [-0.2, -0.15) is 0 Å². The molecule has 4 aromatic rings. The van der Waals surface area contributed by atoms with E-state index in [1.54, 1.807) is 7.11 Å². The van der Waals surface area contributed by atoms with E-state index in [4.69, 9.17) is 18.9 Å². The lowest BCUT2D eigenvalue weighted by Crippen LogP contribution is -2.50. The number of carbonyl (C=O) groups excluding carboxylic acids is 2. The van der Waals surface area contributed by atoms with E-state index in [1.165, 1.54) is 30.6 Å². The molecule has 196 valence electrons. The van der Waals surface area contributed by atoms with Crippen LogP contribution in [-0.2, 0) is 29.4 Å². The second-order valence-corrected chi connectivity index (χ2v) is 11.3. The molecule has 8 rings (SSSR count). The SMILES string of the molecule is COC(=O)C1(C(=O)OC)C[C@H]2CC3O[C@]24c2c(c5ccccc5c5cccc3c25)[C@@H](c2ccccc2OC)[C@H]14. The van der Waals surface area contributed by atoms with Gasteiger partial charge in [0, 0.05) is 17.4 Å². The summed E-state index contributed by atoms with van der Waals surface area (Å²) >= 11 is 0. The lowest BCUT2D eigenvalue weighted by atomic mass is 9.67. The third-order valence-electron chi connectivity index (χ3n) is 10.1. The van der Waals surface area contributed by atoms with Crippen molar-refractivity contribution in [3.8, 4) is 5.75 Å². The molecule has 1 saturated heterocycles. The monoisotopic (exact) mass is 520 g/mol. The minimum atomic E-state index is -1.52. The molecule has 1 spiro atoms. The molecule has 2 aliphatic heterocycles. The third kappa shape index (κ3) is 2.44. The first-order valence-electron chi connectivity index (χ1n) is 13.5. The molecule has 2 heterocycles. The first kappa shape index (κ1) is 23.0. The molecule has 6 heteroatoms. The van der Waals surface area contributed by atoms with Crippen LogP contribution in [0, 0.1) is 17.3 Å². The standard InChI is InChI=1S/C33H28O6/c1-36-23-14-7-6-11-21(23)27-26-20-10-5-4-9-18(20)19-12-8-13-22-24-15-17-16-32(30(34)37-2,31(35)38-3)29(27)33(17,39-24)28(26)25(19)22/h4-14,17,24,27,29H,15-16H2,1-3H3/t17-,24?,27-,29-,33+/m1/s1. The van der Waals surface area contributed by atoms with Crippen LogP contribution in [-0.4, -0.2) is 33.3 Å². The molecule has 39 heavy (non-hydrogen) atoms. The molecule has 0 N–H and O–H groups in total. The number of ether oxygens (including phenoxy) is 4. The van der Waals surface area contributed by atoms with E-state index in [9.17, 15) is 9.59 Å². The third-order valence-corrected chi connectivity index (χ3v) is 10.1. The highest BCUT2D eigenvalue weighted by molar-refractivity contribution is 6.14. The number of para-hydroxylation sites is 1. The van der Waals surface area contributed by atoms with Gasteiger partial charge in [0.2, 0.25) is 0 Å². The van der Waals surface area contributed by atoms with Gasteiger partial charge < -0.3 is 18.9 Å². The molecule has 1 unspecified atom stereocenters. The number of methoxy groups -OCH3 is 3. The fourth-order valence-electron chi connectivity index (χ4n) is 8.98. The zero-order valence-corrected chi connectivity index (χ0v) is 22.0. The van der Waals surface area contributed by atoms with Crippen LogP contribution in [0.3, 0.4) is 0 Å². The van der Waals surface area contributed by atoms with Crippen molar-refractivity contribution in [3.05, 3.63) is 89.0 Å². The summed E-state index contributed by atoms with van der Waals surface area (Å²) in [5.41, 5.74) is 2.00. The topological polar surface area (TPSA) is 71.1 Å². The van der Waals surface area contributed by atoms with Crippen LogP contribution >= 0.6 is 0 Å². The molecule has 0 aromatic heterocycles. The summed E-state index contributed by atoms with van der Waals surface area (Å²) in [4.78, 5) is 27.8. The van der Waals surface area contributed by atoms with Gasteiger partial charge in [0.05, 0.1) is 27.4 Å². The number of esters is 2. The summed E-state index contributed by atoms with van der Waals surface area (Å²) in [7, 11) is 4.37. The number of fused-ring (bicyclic) bond motifs is 5. The Morgan fingerprint density at radius 2 is 1.49 bits per heavy atom. The first-order chi connectivity index (χ1) is 19.0. The molecule has 0 amide bonds. The van der Waals surface area contributed by atoms with Gasteiger partial charge in [0.1, 0.15) is 11.4 Å². The molecule has 4 aromatic carbocycles. The average Bonchev–Trinajstić information content (AvgIpc) is 3.56. The zero-order valence-electron chi connectivity index (χ0n) is 22.0. The minimum absolute atomic E-state index is 0.0547. The Labute approximate surface area is 225 Å². The second kappa shape index (κ2) is 7.60. The number of benzene rings is 4. The van der Waals surface area contributed by atoms with Crippen molar-refractivity contribution in [1.82, 2.24) is 0 Å². The van der Waals surface area contributed by atoms with Crippen molar-refractivity contribution >= 4 is 33.5 Å². The van der Waals surface area contributed by atoms with Gasteiger partial charge in [-0.15, -0.1) is 0 Å². The molecule has 2 fully saturated rings. The van der Waals surface area contributed by atoms with Gasteiger partial charge in [0.15, 0.2) is 5.41 Å². The van der Waals surface area contributed by atoms with Gasteiger partial charge >= 0.3 is 11.9 Å². The summed E-state index contributed by atoms with van der Waals surface area (Å²) < 4.78 is 23.9. The van der Waals surface area contributed by atoms with Crippen molar-refractivity contribution in [3.63, 3.8) is 0 Å². The van der Waals surface area contributed by atoms with Crippen LogP contribution in [0.2, 0.25) is 0 Å². The lowest BCUT2D eigenvalue weighted by molar-refractivity contribution is -0.180. The average molecular weight is 521 g/mol. The van der Waals surface area contributed by atoms with Crippen LogP contribution in [0.25, 0.3) is 21.5 Å². The minimum Gasteiger partial charge on any atom is -0.496 e. The zero-order chi connectivity index (χ0) is 26.7. The summed E-state index contributed by atoms with van der Waals surface area (Å²) in [6.45, 7) is 0. The Morgan fingerprint density at radius 3 is 2.23 bits per heavy atom. The van der Waals surface area contributed by atoms with Gasteiger partial charge in [-0.05, 0) is 63.1 Å². The Hall–Kier alpha value is -3.90. The van der Waals surface area contributed by atoms with Crippen molar-refractivity contribution in [1.29, 1.82) is 0 Å². The van der Waals surface area contributed by atoms with E-state index in [0.717, 1.165) is 33.9 Å². The highest BCUT2D eigenvalue weighted by atomic mass is 16.6. The fourth-order valence-corrected chi connectivity index (χ4v) is 8.98. The molecular formula is C33H28O6. The Balaban J connectivity index is 1.60. The maximum absolute atomic E-state index is 13.9. The number of hydrogen-bond donors (Lipinski definition) is 0. The molecule has 2 bridgehead atoms. The van der Waals surface area contributed by atoms with E-state index in [-0.39, 0.29) is 17.9 Å². The fraction of sp³-hybridized carbons (Fsp3) is 0.333. The lowest BCUT2D eigenvalue weighted by Gasteiger charge is -2.40. The normalized spacial score (nSPS) is 28.6. The summed E-state index contributed by atoms with van der Waals surface area (Å²) in [5.74, 6) is -1.39. The predicted octanol–water partition coefficient (Wildman–Crippen LogP) is 5.79. The smallest absolute Gasteiger partial charge is 0.323 e. The maximum Gasteiger partial charge on any atom is 0.323 e. The Kier molecular flexibility index (Phi) is 4.49. The number of rotatable bonds is 4. The van der Waals surface area contributed by atoms with Crippen molar-refractivity contribution in [2.24, 2.45) is 17.3 Å². The summed E-state index contributed by atoms with van der Waals surface area (Å²) in [6.07, 6.45) is 0.947. The predicted molar refractivity (Wildman–Crippen MR) is 144 cm³/mol. The van der Waals surface area contributed by atoms with Crippen molar-refractivity contribution < 1.29 is 28.5 Å². The van der Waals surface area contributed by atoms with Gasteiger partial charge in [-0.3, -0.25) is 9.59 Å². The Morgan fingerprint density at radius 1 is 0.821 bits per heavy atom. The van der Waals surface area contributed by atoms with Crippen LogP contribution in [0.15, 0.2) is 66.7 Å². The van der Waals surface area contributed by atoms with E-state index in [2.05, 4.69) is 42.5 Å². The Bertz CT molecular complexity index is 1720. The molecule has 2 aliphatic carbocycles. The second-order valence-electron chi connectivity index (χ2n) is 11.3. The molecule has 0 radical (unpaired) electrons. The van der Waals surface area contributed by atoms with Crippen LogP contribution in [0.1, 0.15) is 47.1 Å². The summed E-state index contributed by atoms with van der Waals surface area (Å²) in [5, 5.41) is 4.65. The van der Waals surface area contributed by atoms with Crippen LogP contribution in [0.4, 0.5) is 0 Å². The van der Waals surface area contributed by atoms with Crippen molar-refractivity contribution in [2.75, 3.05) is 21.3 Å². The largest absolute Gasteiger partial charge is 0.496 e. The van der Waals surface area contributed by atoms with Crippen molar-refractivity contribution in [2.45, 2.75) is 30.5 Å². The molecule has 4 aliphatic rings. The molecular weight excluding hydrogens is 492 g/mol. The van der Waals surface area contributed by atoms with E-state index < -0.39 is 28.9 Å². The van der Waals surface area contributed by atoms with Gasteiger partial charge in [0.25, 0.3) is 0 Å². The molecule has 1 saturated carbocycles. The summed E-state index contributed by atoms with van der Waals surface area (Å²) in [6, 6.07) is 22.8. The number of carbonyl (C=O) groups is 2. The van der Waals surface area contributed by atoms with Gasteiger partial charge in [-0.1, -0.05) is 60.7 Å². The maximum atomic E-state index is 13.9. The highest BCUT2D eigenvalue weighted by Gasteiger charge is 2.79. The van der Waals surface area contributed by atoms with Crippen LogP contribution in [0.5, 0.6) is 5.75 Å². The first-order valence-corrected chi connectivity index (χ1v) is 13.5. The van der Waals surface area contributed by atoms with Crippen LogP contribution < -0.4 is 4.74 Å². The van der Waals surface area contributed by atoms with E-state index in [0.29, 0.717) is 12.2 Å². The molecule has 6 nitrogen and oxygen atoms in total. The van der Waals surface area contributed by atoms with E-state index >= 15 is 0 Å².